The smallest absolute Gasteiger partial charge is 0.242 e. The molecule has 8 heteroatoms. The highest BCUT2D eigenvalue weighted by Crippen LogP contribution is 1.95. The maximum atomic E-state index is 11.6. The average molecular weight is 293 g/mol. The van der Waals surface area contributed by atoms with E-state index in [0.717, 1.165) is 6.26 Å². The van der Waals surface area contributed by atoms with Gasteiger partial charge in [0.1, 0.15) is 15.9 Å². The van der Waals surface area contributed by atoms with Gasteiger partial charge in [0.15, 0.2) is 0 Å². The lowest BCUT2D eigenvalue weighted by Crippen LogP contribution is -2.51. The van der Waals surface area contributed by atoms with E-state index in [1.54, 1.807) is 6.92 Å². The molecular formula is C11H23N3O4S. The first-order valence-electron chi connectivity index (χ1n) is 6.07. The second-order valence-electron chi connectivity index (χ2n) is 4.92. The fraction of sp³-hybridized carbons (Fsp3) is 0.818. The van der Waals surface area contributed by atoms with Crippen LogP contribution in [0.15, 0.2) is 0 Å². The molecule has 0 aliphatic carbocycles. The normalized spacial score (nSPS) is 14.8. The molecule has 7 nitrogen and oxygen atoms in total. The second-order valence-corrected chi connectivity index (χ2v) is 7.18. The summed E-state index contributed by atoms with van der Waals surface area (Å²) in [6.07, 6.45) is 1.11. The van der Waals surface area contributed by atoms with Gasteiger partial charge in [0.05, 0.1) is 11.8 Å². The Hall–Kier alpha value is -1.15. The van der Waals surface area contributed by atoms with Crippen molar-refractivity contribution in [1.29, 1.82) is 0 Å². The average Bonchev–Trinajstić information content (AvgIpc) is 2.23. The minimum absolute atomic E-state index is 0.0224. The summed E-state index contributed by atoms with van der Waals surface area (Å²) in [7, 11) is -3.15. The maximum absolute atomic E-state index is 11.6. The van der Waals surface area contributed by atoms with Crippen molar-refractivity contribution in [2.24, 2.45) is 5.73 Å². The monoisotopic (exact) mass is 293 g/mol. The first-order chi connectivity index (χ1) is 8.53. The molecule has 0 radical (unpaired) electrons. The van der Waals surface area contributed by atoms with E-state index >= 15 is 0 Å². The van der Waals surface area contributed by atoms with E-state index in [0.29, 0.717) is 0 Å². The first kappa shape index (κ1) is 17.8. The Labute approximate surface area is 114 Å². The summed E-state index contributed by atoms with van der Waals surface area (Å²) >= 11 is 0. The molecule has 0 rings (SSSR count). The number of rotatable bonds is 7. The van der Waals surface area contributed by atoms with Gasteiger partial charge in [-0.2, -0.15) is 0 Å². The molecule has 0 aromatic heterocycles. The van der Waals surface area contributed by atoms with E-state index in [9.17, 15) is 18.0 Å². The van der Waals surface area contributed by atoms with Gasteiger partial charge in [-0.05, 0) is 27.2 Å². The van der Waals surface area contributed by atoms with Gasteiger partial charge in [-0.15, -0.1) is 0 Å². The second kappa shape index (κ2) is 7.44. The van der Waals surface area contributed by atoms with Gasteiger partial charge in [-0.1, -0.05) is 0 Å². The van der Waals surface area contributed by atoms with E-state index < -0.39 is 27.8 Å². The van der Waals surface area contributed by atoms with Crippen molar-refractivity contribution in [2.75, 3.05) is 12.0 Å². The molecule has 0 fully saturated rings. The molecule has 0 bridgehead atoms. The molecule has 2 amide bonds. The molecule has 0 aliphatic heterocycles. The fourth-order valence-corrected chi connectivity index (χ4v) is 1.95. The number of hydrogen-bond acceptors (Lipinski definition) is 5. The molecule has 0 spiro atoms. The lowest BCUT2D eigenvalue weighted by atomic mass is 10.2. The fourth-order valence-electron chi connectivity index (χ4n) is 1.27. The maximum Gasteiger partial charge on any atom is 0.242 e. The molecule has 0 aromatic carbocycles. The van der Waals surface area contributed by atoms with Gasteiger partial charge in [0.2, 0.25) is 11.8 Å². The van der Waals surface area contributed by atoms with Crippen molar-refractivity contribution in [3.05, 3.63) is 0 Å². The Bertz CT molecular complexity index is 420. The van der Waals surface area contributed by atoms with Crippen LogP contribution in [0.1, 0.15) is 27.2 Å². The Morgan fingerprint density at radius 3 is 2.05 bits per heavy atom. The van der Waals surface area contributed by atoms with Crippen molar-refractivity contribution in [2.45, 2.75) is 45.3 Å². The summed E-state index contributed by atoms with van der Waals surface area (Å²) in [5.74, 6) is -0.998. The Morgan fingerprint density at radius 2 is 1.63 bits per heavy atom. The van der Waals surface area contributed by atoms with Crippen LogP contribution in [0.3, 0.4) is 0 Å². The summed E-state index contributed by atoms with van der Waals surface area (Å²) < 4.78 is 21.9. The predicted octanol–water partition coefficient (Wildman–Crippen LogP) is -1.22. The molecular weight excluding hydrogens is 270 g/mol. The number of sulfone groups is 1. The van der Waals surface area contributed by atoms with E-state index in [2.05, 4.69) is 10.6 Å². The number of amides is 2. The topological polar surface area (TPSA) is 118 Å². The molecule has 112 valence electrons. The molecule has 2 atom stereocenters. The zero-order valence-electron chi connectivity index (χ0n) is 11.8. The van der Waals surface area contributed by atoms with Crippen LogP contribution in [0.2, 0.25) is 0 Å². The van der Waals surface area contributed by atoms with Crippen LogP contribution < -0.4 is 16.4 Å². The zero-order valence-corrected chi connectivity index (χ0v) is 12.6. The minimum Gasteiger partial charge on any atom is -0.352 e. The van der Waals surface area contributed by atoms with Crippen molar-refractivity contribution in [3.8, 4) is 0 Å². The number of carbonyl (C=O) groups is 2. The van der Waals surface area contributed by atoms with Crippen LogP contribution in [-0.4, -0.2) is 50.4 Å². The van der Waals surface area contributed by atoms with Gasteiger partial charge in [0, 0.05) is 12.3 Å². The van der Waals surface area contributed by atoms with Crippen LogP contribution >= 0.6 is 0 Å². The molecule has 19 heavy (non-hydrogen) atoms. The third-order valence-corrected chi connectivity index (χ3v) is 3.30. The van der Waals surface area contributed by atoms with Crippen molar-refractivity contribution in [3.63, 3.8) is 0 Å². The van der Waals surface area contributed by atoms with Gasteiger partial charge < -0.3 is 16.4 Å². The molecule has 0 saturated carbocycles. The number of carbonyl (C=O) groups excluding carboxylic acids is 2. The van der Waals surface area contributed by atoms with Gasteiger partial charge in [-0.25, -0.2) is 8.42 Å². The highest BCUT2D eigenvalue weighted by atomic mass is 32.2. The van der Waals surface area contributed by atoms with Crippen LogP contribution in [0.4, 0.5) is 0 Å². The van der Waals surface area contributed by atoms with Gasteiger partial charge >= 0.3 is 0 Å². The van der Waals surface area contributed by atoms with Crippen LogP contribution in [0.5, 0.6) is 0 Å². The molecule has 0 aliphatic rings. The van der Waals surface area contributed by atoms with Gasteiger partial charge in [0.25, 0.3) is 0 Å². The third kappa shape index (κ3) is 8.55. The number of nitrogens with two attached hydrogens (primary N) is 1. The van der Waals surface area contributed by atoms with E-state index in [1.807, 2.05) is 13.8 Å². The van der Waals surface area contributed by atoms with E-state index in [4.69, 9.17) is 5.73 Å². The highest BCUT2D eigenvalue weighted by molar-refractivity contribution is 7.90. The largest absolute Gasteiger partial charge is 0.352 e. The van der Waals surface area contributed by atoms with Crippen LogP contribution in [-0.2, 0) is 19.4 Å². The molecule has 0 saturated heterocycles. The van der Waals surface area contributed by atoms with Crippen molar-refractivity contribution >= 4 is 21.7 Å². The molecule has 2 unspecified atom stereocenters. The summed E-state index contributed by atoms with van der Waals surface area (Å²) in [4.78, 5) is 23.2. The summed E-state index contributed by atoms with van der Waals surface area (Å²) in [6.45, 7) is 5.16. The lowest BCUT2D eigenvalue weighted by molar-refractivity contribution is -0.129. The summed E-state index contributed by atoms with van der Waals surface area (Å²) in [6, 6.07) is -1.67. The minimum atomic E-state index is -3.15. The SMILES string of the molecule is CC(C)NC(=O)C(C)NC(=O)C(N)CCS(C)(=O)=O. The Balaban J connectivity index is 4.25. The molecule has 0 heterocycles. The predicted molar refractivity (Wildman–Crippen MR) is 73.2 cm³/mol. The first-order valence-corrected chi connectivity index (χ1v) is 8.13. The van der Waals surface area contributed by atoms with Crippen molar-refractivity contribution < 1.29 is 18.0 Å². The highest BCUT2D eigenvalue weighted by Gasteiger charge is 2.21. The summed E-state index contributed by atoms with van der Waals surface area (Å²) in [5.41, 5.74) is 5.57. The van der Waals surface area contributed by atoms with E-state index in [1.165, 1.54) is 0 Å². The Kier molecular flexibility index (Phi) is 6.99. The Morgan fingerprint density at radius 1 is 1.11 bits per heavy atom. The molecule has 0 aromatic rings. The number of hydrogen-bond donors (Lipinski definition) is 3. The van der Waals surface area contributed by atoms with Crippen LogP contribution in [0, 0.1) is 0 Å². The number of nitrogens with one attached hydrogen (secondary N) is 2. The molecule has 4 N–H and O–H groups in total. The van der Waals surface area contributed by atoms with E-state index in [-0.39, 0.29) is 24.1 Å². The van der Waals surface area contributed by atoms with Crippen LogP contribution in [0.25, 0.3) is 0 Å². The van der Waals surface area contributed by atoms with Gasteiger partial charge in [-0.3, -0.25) is 9.59 Å². The quantitative estimate of drug-likeness (QED) is 0.543. The van der Waals surface area contributed by atoms with Crippen molar-refractivity contribution in [1.82, 2.24) is 10.6 Å². The summed E-state index contributed by atoms with van der Waals surface area (Å²) in [5, 5.41) is 5.10. The zero-order chi connectivity index (χ0) is 15.2. The lowest BCUT2D eigenvalue weighted by Gasteiger charge is -2.18. The standard InChI is InChI=1S/C11H23N3O4S/c1-7(2)13-10(15)8(3)14-11(16)9(12)5-6-19(4,17)18/h7-9H,5-6,12H2,1-4H3,(H,13,15)(H,14,16). The third-order valence-electron chi connectivity index (χ3n) is 2.32.